The molecule has 0 aliphatic rings. The topological polar surface area (TPSA) is 37.8 Å². The minimum Gasteiger partial charge on any atom is -0.367 e. The largest absolute Gasteiger partial charge is 0.367 e. The molecule has 0 amide bonds. The summed E-state index contributed by atoms with van der Waals surface area (Å²) in [5.41, 5.74) is 1.30. The van der Waals surface area contributed by atoms with Crippen molar-refractivity contribution in [1.29, 1.82) is 0 Å². The van der Waals surface area contributed by atoms with Crippen LogP contribution in [-0.2, 0) is 0 Å². The van der Waals surface area contributed by atoms with Crippen LogP contribution in [0.25, 0.3) is 10.2 Å². The van der Waals surface area contributed by atoms with E-state index in [1.54, 1.807) is 17.7 Å². The number of nitrogens with one attached hydrogen (secondary N) is 1. The Balaban J connectivity index is 2.33. The van der Waals surface area contributed by atoms with Crippen LogP contribution in [0.4, 0.5) is 5.82 Å². The van der Waals surface area contributed by atoms with Crippen LogP contribution in [-0.4, -0.2) is 16.0 Å². The molecule has 98 valence electrons. The fourth-order valence-corrected chi connectivity index (χ4v) is 3.29. The minimum atomic E-state index is 0.433. The van der Waals surface area contributed by atoms with E-state index in [1.807, 2.05) is 0 Å². The first-order valence-electron chi connectivity index (χ1n) is 6.46. The highest BCUT2D eigenvalue weighted by Gasteiger charge is 2.13. The van der Waals surface area contributed by atoms with Gasteiger partial charge in [-0.05, 0) is 38.7 Å². The standard InChI is InChI=1S/C14H21N3S/c1-8(2)6-9(3)17-13-12-10(4)11(5)18-14(12)16-7-15-13/h7-9H,6H2,1-5H3,(H,15,16,17). The summed E-state index contributed by atoms with van der Waals surface area (Å²) in [4.78, 5) is 11.2. The molecule has 1 unspecified atom stereocenters. The average molecular weight is 263 g/mol. The lowest BCUT2D eigenvalue weighted by Gasteiger charge is -2.17. The van der Waals surface area contributed by atoms with Crippen molar-refractivity contribution in [1.82, 2.24) is 9.97 Å². The Labute approximate surface area is 113 Å². The molecule has 2 aromatic rings. The van der Waals surface area contributed by atoms with E-state index in [9.17, 15) is 0 Å². The van der Waals surface area contributed by atoms with Crippen molar-refractivity contribution >= 4 is 27.4 Å². The molecule has 2 heterocycles. The fraction of sp³-hybridized carbons (Fsp3) is 0.571. The van der Waals surface area contributed by atoms with Gasteiger partial charge in [0.1, 0.15) is 17.0 Å². The number of thiophene rings is 1. The van der Waals surface area contributed by atoms with Gasteiger partial charge in [-0.25, -0.2) is 9.97 Å². The summed E-state index contributed by atoms with van der Waals surface area (Å²) in [5, 5.41) is 4.72. The van der Waals surface area contributed by atoms with Gasteiger partial charge in [0.2, 0.25) is 0 Å². The highest BCUT2D eigenvalue weighted by molar-refractivity contribution is 7.18. The van der Waals surface area contributed by atoms with Gasteiger partial charge in [-0.3, -0.25) is 0 Å². The molecule has 0 aliphatic heterocycles. The van der Waals surface area contributed by atoms with E-state index in [0.717, 1.165) is 17.1 Å². The van der Waals surface area contributed by atoms with E-state index in [4.69, 9.17) is 0 Å². The third-order valence-electron chi connectivity index (χ3n) is 3.17. The zero-order valence-corrected chi connectivity index (χ0v) is 12.6. The number of aryl methyl sites for hydroxylation is 2. The molecule has 0 aliphatic carbocycles. The smallest absolute Gasteiger partial charge is 0.138 e. The van der Waals surface area contributed by atoms with Crippen molar-refractivity contribution < 1.29 is 0 Å². The first-order chi connectivity index (χ1) is 8.49. The summed E-state index contributed by atoms with van der Waals surface area (Å²) < 4.78 is 0. The van der Waals surface area contributed by atoms with Crippen molar-refractivity contribution in [3.63, 3.8) is 0 Å². The minimum absolute atomic E-state index is 0.433. The summed E-state index contributed by atoms with van der Waals surface area (Å²) in [5.74, 6) is 1.67. The number of fused-ring (bicyclic) bond motifs is 1. The van der Waals surface area contributed by atoms with E-state index < -0.39 is 0 Å². The molecular weight excluding hydrogens is 242 g/mol. The van der Waals surface area contributed by atoms with Gasteiger partial charge in [0.25, 0.3) is 0 Å². The average Bonchev–Trinajstić information content (AvgIpc) is 2.54. The summed E-state index contributed by atoms with van der Waals surface area (Å²) in [6, 6.07) is 0.433. The van der Waals surface area contributed by atoms with Gasteiger partial charge in [-0.2, -0.15) is 0 Å². The van der Waals surface area contributed by atoms with E-state index in [1.165, 1.54) is 15.8 Å². The molecule has 0 radical (unpaired) electrons. The maximum Gasteiger partial charge on any atom is 0.138 e. The van der Waals surface area contributed by atoms with E-state index in [0.29, 0.717) is 12.0 Å². The van der Waals surface area contributed by atoms with E-state index in [2.05, 4.69) is 49.9 Å². The molecule has 4 heteroatoms. The summed E-state index contributed by atoms with van der Waals surface area (Å²) in [6.07, 6.45) is 2.80. The zero-order chi connectivity index (χ0) is 13.3. The monoisotopic (exact) mass is 263 g/mol. The van der Waals surface area contributed by atoms with Gasteiger partial charge in [0, 0.05) is 10.9 Å². The summed E-state index contributed by atoms with van der Waals surface area (Å²) in [7, 11) is 0. The highest BCUT2D eigenvalue weighted by Crippen LogP contribution is 2.32. The number of rotatable bonds is 4. The van der Waals surface area contributed by atoms with Gasteiger partial charge in [0.15, 0.2) is 0 Å². The Bertz CT molecular complexity index is 545. The maximum atomic E-state index is 4.41. The quantitative estimate of drug-likeness (QED) is 0.900. The number of nitrogens with zero attached hydrogens (tertiary/aromatic N) is 2. The third kappa shape index (κ3) is 2.64. The van der Waals surface area contributed by atoms with Crippen LogP contribution < -0.4 is 5.32 Å². The number of hydrogen-bond acceptors (Lipinski definition) is 4. The predicted molar refractivity (Wildman–Crippen MR) is 79.4 cm³/mol. The van der Waals surface area contributed by atoms with Gasteiger partial charge < -0.3 is 5.32 Å². The molecule has 3 nitrogen and oxygen atoms in total. The number of hydrogen-bond donors (Lipinski definition) is 1. The predicted octanol–water partition coefficient (Wildman–Crippen LogP) is 4.15. The Morgan fingerprint density at radius 1 is 1.22 bits per heavy atom. The fourth-order valence-electron chi connectivity index (χ4n) is 2.29. The van der Waals surface area contributed by atoms with Crippen LogP contribution in [0.5, 0.6) is 0 Å². The highest BCUT2D eigenvalue weighted by atomic mass is 32.1. The molecule has 0 aromatic carbocycles. The number of aromatic nitrogens is 2. The molecular formula is C14H21N3S. The molecule has 2 aromatic heterocycles. The molecule has 0 fully saturated rings. The van der Waals surface area contributed by atoms with Crippen LogP contribution in [0.3, 0.4) is 0 Å². The van der Waals surface area contributed by atoms with Crippen LogP contribution in [0.2, 0.25) is 0 Å². The van der Waals surface area contributed by atoms with Gasteiger partial charge in [0.05, 0.1) is 5.39 Å². The van der Waals surface area contributed by atoms with Crippen LogP contribution in [0, 0.1) is 19.8 Å². The second kappa shape index (κ2) is 5.22. The molecule has 1 atom stereocenters. The second-order valence-corrected chi connectivity index (χ2v) is 6.56. The Hall–Kier alpha value is -1.16. The zero-order valence-electron chi connectivity index (χ0n) is 11.7. The van der Waals surface area contributed by atoms with Crippen LogP contribution in [0.1, 0.15) is 37.6 Å². The molecule has 0 saturated heterocycles. The van der Waals surface area contributed by atoms with Crippen molar-refractivity contribution in [3.05, 3.63) is 16.8 Å². The van der Waals surface area contributed by atoms with Crippen molar-refractivity contribution in [3.8, 4) is 0 Å². The molecule has 1 N–H and O–H groups in total. The van der Waals surface area contributed by atoms with Crippen LogP contribution in [0.15, 0.2) is 6.33 Å². The lowest BCUT2D eigenvalue weighted by Crippen LogP contribution is -2.18. The maximum absolute atomic E-state index is 4.41. The van der Waals surface area contributed by atoms with E-state index >= 15 is 0 Å². The van der Waals surface area contributed by atoms with Gasteiger partial charge >= 0.3 is 0 Å². The lowest BCUT2D eigenvalue weighted by molar-refractivity contribution is 0.539. The molecule has 2 rings (SSSR count). The third-order valence-corrected chi connectivity index (χ3v) is 4.29. The SMILES string of the molecule is Cc1sc2ncnc(NC(C)CC(C)C)c2c1C. The summed E-state index contributed by atoms with van der Waals surface area (Å²) >= 11 is 1.74. The normalized spacial score (nSPS) is 13.2. The molecule has 18 heavy (non-hydrogen) atoms. The number of anilines is 1. The molecule has 0 bridgehead atoms. The Kier molecular flexibility index (Phi) is 3.85. The van der Waals surface area contributed by atoms with E-state index in [-0.39, 0.29) is 0 Å². The second-order valence-electron chi connectivity index (χ2n) is 5.36. The first-order valence-corrected chi connectivity index (χ1v) is 7.28. The molecule has 0 spiro atoms. The molecule has 0 saturated carbocycles. The van der Waals surface area contributed by atoms with Gasteiger partial charge in [-0.15, -0.1) is 11.3 Å². The summed E-state index contributed by atoms with van der Waals surface area (Å²) in [6.45, 7) is 11.0. The lowest BCUT2D eigenvalue weighted by atomic mass is 10.1. The first kappa shape index (κ1) is 13.3. The van der Waals surface area contributed by atoms with Crippen molar-refractivity contribution in [2.45, 2.75) is 47.1 Å². The Morgan fingerprint density at radius 3 is 2.61 bits per heavy atom. The van der Waals surface area contributed by atoms with Gasteiger partial charge in [-0.1, -0.05) is 13.8 Å². The van der Waals surface area contributed by atoms with Crippen molar-refractivity contribution in [2.24, 2.45) is 5.92 Å². The Morgan fingerprint density at radius 2 is 1.94 bits per heavy atom. The van der Waals surface area contributed by atoms with Crippen molar-refractivity contribution in [2.75, 3.05) is 5.32 Å². The van der Waals surface area contributed by atoms with Crippen LogP contribution >= 0.6 is 11.3 Å².